The molecule has 0 bridgehead atoms. The molecule has 0 saturated heterocycles. The van der Waals surface area contributed by atoms with Crippen molar-refractivity contribution in [1.29, 1.82) is 0 Å². The Morgan fingerprint density at radius 2 is 1.70 bits per heavy atom. The summed E-state index contributed by atoms with van der Waals surface area (Å²) in [5, 5.41) is 2.99. The van der Waals surface area contributed by atoms with E-state index in [4.69, 9.17) is 4.74 Å². The lowest BCUT2D eigenvalue weighted by Gasteiger charge is -2.31. The molecule has 0 unspecified atom stereocenters. The first-order chi connectivity index (χ1) is 14.7. The number of nitrogens with one attached hydrogen (secondary N) is 1. The van der Waals surface area contributed by atoms with E-state index in [1.165, 1.54) is 23.2 Å². The van der Waals surface area contributed by atoms with E-state index < -0.39 is 0 Å². The second-order valence-electron chi connectivity index (χ2n) is 7.61. The predicted molar refractivity (Wildman–Crippen MR) is 121 cm³/mol. The van der Waals surface area contributed by atoms with Crippen LogP contribution in [0.25, 0.3) is 0 Å². The molecule has 4 nitrogen and oxygen atoms in total. The van der Waals surface area contributed by atoms with Crippen LogP contribution in [0.3, 0.4) is 0 Å². The number of fused-ring (bicyclic) bond motifs is 1. The van der Waals surface area contributed by atoms with Crippen LogP contribution in [-0.4, -0.2) is 19.1 Å². The Morgan fingerprint density at radius 1 is 0.967 bits per heavy atom. The number of anilines is 1. The van der Waals surface area contributed by atoms with Crippen molar-refractivity contribution in [3.05, 3.63) is 95.1 Å². The molecule has 1 heterocycles. The zero-order chi connectivity index (χ0) is 20.8. The van der Waals surface area contributed by atoms with Crippen LogP contribution in [0.15, 0.2) is 72.8 Å². The Balaban J connectivity index is 1.34. The fourth-order valence-electron chi connectivity index (χ4n) is 3.91. The van der Waals surface area contributed by atoms with E-state index in [9.17, 15) is 4.79 Å². The molecular weight excluding hydrogens is 372 g/mol. The summed E-state index contributed by atoms with van der Waals surface area (Å²) in [4.78, 5) is 14.9. The molecular formula is C26H28N2O2. The average molecular weight is 401 g/mol. The first kappa shape index (κ1) is 20.0. The fraction of sp³-hybridized carbons (Fsp3) is 0.269. The minimum absolute atomic E-state index is 0.0567. The highest BCUT2D eigenvalue weighted by Gasteiger charge is 2.16. The SMILES string of the molecule is CCOc1ccc(CNC(=O)c2ccc(CN3CCCc4ccccc43)cc2)cc1. The highest BCUT2D eigenvalue weighted by atomic mass is 16.5. The Labute approximate surface area is 178 Å². The molecule has 154 valence electrons. The zero-order valence-electron chi connectivity index (χ0n) is 17.4. The maximum absolute atomic E-state index is 12.5. The molecule has 1 N–H and O–H groups in total. The molecule has 0 aliphatic carbocycles. The number of amides is 1. The molecule has 4 heteroatoms. The molecule has 30 heavy (non-hydrogen) atoms. The van der Waals surface area contributed by atoms with E-state index in [1.54, 1.807) is 0 Å². The van der Waals surface area contributed by atoms with Crippen LogP contribution in [0.2, 0.25) is 0 Å². The Hall–Kier alpha value is -3.27. The van der Waals surface area contributed by atoms with E-state index in [0.717, 1.165) is 30.8 Å². The number of carbonyl (C=O) groups is 1. The van der Waals surface area contributed by atoms with Gasteiger partial charge >= 0.3 is 0 Å². The molecule has 3 aromatic carbocycles. The molecule has 0 saturated carbocycles. The highest BCUT2D eigenvalue weighted by molar-refractivity contribution is 5.94. The van der Waals surface area contributed by atoms with Crippen molar-refractivity contribution in [2.24, 2.45) is 0 Å². The number of nitrogens with zero attached hydrogens (tertiary/aromatic N) is 1. The van der Waals surface area contributed by atoms with E-state index >= 15 is 0 Å². The zero-order valence-corrected chi connectivity index (χ0v) is 17.4. The van der Waals surface area contributed by atoms with E-state index in [2.05, 4.69) is 46.6 Å². The molecule has 0 aromatic heterocycles. The van der Waals surface area contributed by atoms with Gasteiger partial charge in [0.25, 0.3) is 5.91 Å². The number of ether oxygens (including phenoxy) is 1. The lowest BCUT2D eigenvalue weighted by Crippen LogP contribution is -2.28. The summed E-state index contributed by atoms with van der Waals surface area (Å²) in [5.41, 5.74) is 5.71. The highest BCUT2D eigenvalue weighted by Crippen LogP contribution is 2.28. The van der Waals surface area contributed by atoms with Crippen molar-refractivity contribution < 1.29 is 9.53 Å². The maximum atomic E-state index is 12.5. The lowest BCUT2D eigenvalue weighted by atomic mass is 10.0. The lowest BCUT2D eigenvalue weighted by molar-refractivity contribution is 0.0951. The quantitative estimate of drug-likeness (QED) is 0.609. The van der Waals surface area contributed by atoms with Gasteiger partial charge in [0.15, 0.2) is 0 Å². The molecule has 3 aromatic rings. The van der Waals surface area contributed by atoms with E-state index in [0.29, 0.717) is 18.7 Å². The largest absolute Gasteiger partial charge is 0.494 e. The first-order valence-corrected chi connectivity index (χ1v) is 10.6. The van der Waals surface area contributed by atoms with Crippen molar-refractivity contribution in [2.45, 2.75) is 32.9 Å². The van der Waals surface area contributed by atoms with Crippen LogP contribution in [0.5, 0.6) is 5.75 Å². The standard InChI is InChI=1S/C26H28N2O2/c1-2-30-24-15-11-20(12-16-24)18-27-26(29)23-13-9-21(10-14-23)19-28-17-5-7-22-6-3-4-8-25(22)28/h3-4,6,8-16H,2,5,7,17-19H2,1H3,(H,27,29). The predicted octanol–water partition coefficient (Wildman–Crippen LogP) is 4.97. The fourth-order valence-corrected chi connectivity index (χ4v) is 3.91. The van der Waals surface area contributed by atoms with Crippen molar-refractivity contribution >= 4 is 11.6 Å². The maximum Gasteiger partial charge on any atom is 0.251 e. The van der Waals surface area contributed by atoms with Crippen LogP contribution in [0, 0.1) is 0 Å². The number of aryl methyl sites for hydroxylation is 1. The van der Waals surface area contributed by atoms with Gasteiger partial charge in [-0.25, -0.2) is 0 Å². The summed E-state index contributed by atoms with van der Waals surface area (Å²) in [6.07, 6.45) is 2.34. The van der Waals surface area contributed by atoms with Crippen molar-refractivity contribution in [3.63, 3.8) is 0 Å². The van der Waals surface area contributed by atoms with Crippen molar-refractivity contribution in [3.8, 4) is 5.75 Å². The summed E-state index contributed by atoms with van der Waals surface area (Å²) < 4.78 is 5.45. The van der Waals surface area contributed by atoms with Crippen LogP contribution in [0.4, 0.5) is 5.69 Å². The van der Waals surface area contributed by atoms with Gasteiger partial charge in [0.1, 0.15) is 5.75 Å². The summed E-state index contributed by atoms with van der Waals surface area (Å²) in [6, 6.07) is 24.4. The molecule has 0 spiro atoms. The number of hydrogen-bond donors (Lipinski definition) is 1. The number of para-hydroxylation sites is 1. The second kappa shape index (κ2) is 9.49. The molecule has 0 fully saturated rings. The summed E-state index contributed by atoms with van der Waals surface area (Å²) >= 11 is 0. The molecule has 0 radical (unpaired) electrons. The Kier molecular flexibility index (Phi) is 6.33. The minimum atomic E-state index is -0.0567. The second-order valence-corrected chi connectivity index (χ2v) is 7.61. The molecule has 4 rings (SSSR count). The number of benzene rings is 3. The van der Waals surface area contributed by atoms with Gasteiger partial charge < -0.3 is 15.0 Å². The van der Waals surface area contributed by atoms with Crippen LogP contribution in [0.1, 0.15) is 40.4 Å². The third-order valence-electron chi connectivity index (χ3n) is 5.48. The van der Waals surface area contributed by atoms with E-state index in [-0.39, 0.29) is 5.91 Å². The van der Waals surface area contributed by atoms with Crippen molar-refractivity contribution in [2.75, 3.05) is 18.1 Å². The number of hydrogen-bond acceptors (Lipinski definition) is 3. The molecule has 1 aliphatic heterocycles. The summed E-state index contributed by atoms with van der Waals surface area (Å²) in [6.45, 7) is 5.05. The van der Waals surface area contributed by atoms with Gasteiger partial charge in [0, 0.05) is 30.9 Å². The van der Waals surface area contributed by atoms with Gasteiger partial charge in [-0.2, -0.15) is 0 Å². The molecule has 1 amide bonds. The Bertz CT molecular complexity index is 981. The smallest absolute Gasteiger partial charge is 0.251 e. The van der Waals surface area contributed by atoms with Gasteiger partial charge in [0.2, 0.25) is 0 Å². The monoisotopic (exact) mass is 400 g/mol. The van der Waals surface area contributed by atoms with Crippen LogP contribution in [-0.2, 0) is 19.5 Å². The molecule has 1 aliphatic rings. The van der Waals surface area contributed by atoms with Crippen LogP contribution < -0.4 is 15.0 Å². The minimum Gasteiger partial charge on any atom is -0.494 e. The number of rotatable bonds is 7. The van der Waals surface area contributed by atoms with Gasteiger partial charge in [-0.05, 0) is 66.8 Å². The van der Waals surface area contributed by atoms with Crippen LogP contribution >= 0.6 is 0 Å². The molecule has 0 atom stereocenters. The van der Waals surface area contributed by atoms with Gasteiger partial charge in [0.05, 0.1) is 6.61 Å². The normalized spacial score (nSPS) is 12.9. The topological polar surface area (TPSA) is 41.6 Å². The summed E-state index contributed by atoms with van der Waals surface area (Å²) in [7, 11) is 0. The van der Waals surface area contributed by atoms with Gasteiger partial charge in [-0.3, -0.25) is 4.79 Å². The van der Waals surface area contributed by atoms with Gasteiger partial charge in [-0.15, -0.1) is 0 Å². The third-order valence-corrected chi connectivity index (χ3v) is 5.48. The van der Waals surface area contributed by atoms with Gasteiger partial charge in [-0.1, -0.05) is 42.5 Å². The number of carbonyl (C=O) groups excluding carboxylic acids is 1. The third kappa shape index (κ3) is 4.82. The average Bonchev–Trinajstić information content (AvgIpc) is 2.79. The first-order valence-electron chi connectivity index (χ1n) is 10.6. The summed E-state index contributed by atoms with van der Waals surface area (Å²) in [5.74, 6) is 0.790. The Morgan fingerprint density at radius 3 is 2.47 bits per heavy atom. The van der Waals surface area contributed by atoms with Crippen molar-refractivity contribution in [1.82, 2.24) is 5.32 Å². The van der Waals surface area contributed by atoms with E-state index in [1.807, 2.05) is 43.3 Å².